The van der Waals surface area contributed by atoms with Crippen molar-refractivity contribution in [2.24, 2.45) is 17.8 Å². The summed E-state index contributed by atoms with van der Waals surface area (Å²) in [5.41, 5.74) is 1.10. The molecule has 4 atom stereocenters. The third-order valence-corrected chi connectivity index (χ3v) is 6.90. The maximum Gasteiger partial charge on any atom is 0.573 e. The molecule has 0 bridgehead atoms. The van der Waals surface area contributed by atoms with Gasteiger partial charge in [-0.05, 0) is 72.8 Å². The lowest BCUT2D eigenvalue weighted by molar-refractivity contribution is -0.274. The van der Waals surface area contributed by atoms with Crippen LogP contribution in [0.1, 0.15) is 63.4 Å². The highest BCUT2D eigenvalue weighted by Gasteiger charge is 2.36. The van der Waals surface area contributed by atoms with Gasteiger partial charge in [0, 0.05) is 11.5 Å². The predicted octanol–water partition coefficient (Wildman–Crippen LogP) is 7.59. The van der Waals surface area contributed by atoms with Crippen LogP contribution in [-0.2, 0) is 0 Å². The molecule has 2 aromatic carbocycles. The Labute approximate surface area is 163 Å². The third-order valence-electron chi connectivity index (χ3n) is 6.90. The molecule has 2 saturated carbocycles. The van der Waals surface area contributed by atoms with Gasteiger partial charge in [-0.15, -0.1) is 13.2 Å². The summed E-state index contributed by atoms with van der Waals surface area (Å²) >= 11 is 0. The highest BCUT2D eigenvalue weighted by molar-refractivity contribution is 5.89. The van der Waals surface area contributed by atoms with Gasteiger partial charge in [0.2, 0.25) is 0 Å². The van der Waals surface area contributed by atoms with Crippen molar-refractivity contribution in [3.63, 3.8) is 0 Å². The highest BCUT2D eigenvalue weighted by Crippen LogP contribution is 2.48. The summed E-state index contributed by atoms with van der Waals surface area (Å²) < 4.78 is 55.8. The Kier molecular flexibility index (Phi) is 5.28. The van der Waals surface area contributed by atoms with Crippen LogP contribution >= 0.6 is 0 Å². The first-order chi connectivity index (χ1) is 13.3. The van der Waals surface area contributed by atoms with Gasteiger partial charge in [-0.25, -0.2) is 4.39 Å². The van der Waals surface area contributed by atoms with Crippen LogP contribution in [0.25, 0.3) is 10.8 Å². The fraction of sp³-hybridized carbons (Fsp3) is 0.565. The number of halogens is 4. The molecule has 4 rings (SSSR count). The van der Waals surface area contributed by atoms with Crippen molar-refractivity contribution < 1.29 is 22.3 Å². The van der Waals surface area contributed by atoms with Crippen molar-refractivity contribution >= 4 is 10.8 Å². The molecule has 0 spiro atoms. The summed E-state index contributed by atoms with van der Waals surface area (Å²) in [7, 11) is 0. The lowest BCUT2D eigenvalue weighted by atomic mass is 9.63. The molecule has 2 fully saturated rings. The van der Waals surface area contributed by atoms with Crippen molar-refractivity contribution in [1.82, 2.24) is 0 Å². The van der Waals surface area contributed by atoms with Crippen LogP contribution in [-0.4, -0.2) is 6.36 Å². The quantitative estimate of drug-likeness (QED) is 0.487. The van der Waals surface area contributed by atoms with E-state index in [1.165, 1.54) is 38.2 Å². The molecular weight excluding hydrogens is 368 g/mol. The molecule has 2 aliphatic rings. The summed E-state index contributed by atoms with van der Waals surface area (Å²) in [6.07, 6.45) is 3.82. The van der Waals surface area contributed by atoms with Gasteiger partial charge in [-0.2, -0.15) is 0 Å². The monoisotopic (exact) mass is 394 g/mol. The average Bonchev–Trinajstić information content (AvgIpc) is 2.65. The maximum atomic E-state index is 13.9. The number of hydrogen-bond acceptors (Lipinski definition) is 1. The molecule has 2 aromatic rings. The molecule has 0 aliphatic heterocycles. The summed E-state index contributed by atoms with van der Waals surface area (Å²) in [4.78, 5) is 0. The first-order valence-corrected chi connectivity index (χ1v) is 10.3. The van der Waals surface area contributed by atoms with E-state index in [-0.39, 0.29) is 0 Å². The molecule has 152 valence electrons. The second-order valence-electron chi connectivity index (χ2n) is 8.55. The van der Waals surface area contributed by atoms with Crippen LogP contribution in [0.5, 0.6) is 5.75 Å². The van der Waals surface area contributed by atoms with Gasteiger partial charge in [0.05, 0.1) is 0 Å². The molecule has 1 nitrogen and oxygen atoms in total. The number of fused-ring (bicyclic) bond motifs is 2. The zero-order valence-electron chi connectivity index (χ0n) is 16.1. The van der Waals surface area contributed by atoms with Crippen LogP contribution in [0, 0.1) is 23.6 Å². The Morgan fingerprint density at radius 3 is 2.46 bits per heavy atom. The van der Waals surface area contributed by atoms with Gasteiger partial charge < -0.3 is 4.74 Å². The van der Waals surface area contributed by atoms with E-state index in [0.717, 1.165) is 42.2 Å². The Morgan fingerprint density at radius 2 is 1.71 bits per heavy atom. The number of benzene rings is 2. The second kappa shape index (κ2) is 7.57. The fourth-order valence-electron chi connectivity index (χ4n) is 5.44. The molecule has 4 unspecified atom stereocenters. The highest BCUT2D eigenvalue weighted by atomic mass is 19.4. The van der Waals surface area contributed by atoms with Gasteiger partial charge in [0.1, 0.15) is 11.6 Å². The van der Waals surface area contributed by atoms with Crippen molar-refractivity contribution in [3.8, 4) is 5.75 Å². The Morgan fingerprint density at radius 1 is 0.964 bits per heavy atom. The summed E-state index contributed by atoms with van der Waals surface area (Å²) in [5.74, 6) is 1.64. The van der Waals surface area contributed by atoms with E-state index in [4.69, 9.17) is 0 Å². The number of rotatable bonds is 3. The van der Waals surface area contributed by atoms with Crippen LogP contribution < -0.4 is 4.74 Å². The summed E-state index contributed by atoms with van der Waals surface area (Å²) in [5, 5.41) is 0.758. The number of hydrogen-bond donors (Lipinski definition) is 0. The van der Waals surface area contributed by atoms with E-state index in [0.29, 0.717) is 16.7 Å². The van der Waals surface area contributed by atoms with Gasteiger partial charge in [-0.1, -0.05) is 38.0 Å². The van der Waals surface area contributed by atoms with E-state index < -0.39 is 17.9 Å². The smallest absolute Gasteiger partial charge is 0.405 e. The zero-order valence-corrected chi connectivity index (χ0v) is 16.1. The van der Waals surface area contributed by atoms with Crippen LogP contribution in [0.2, 0.25) is 0 Å². The molecule has 0 radical (unpaired) electrons. The van der Waals surface area contributed by atoms with Crippen LogP contribution in [0.15, 0.2) is 30.3 Å². The molecule has 0 amide bonds. The van der Waals surface area contributed by atoms with Crippen LogP contribution in [0.3, 0.4) is 0 Å². The Hall–Kier alpha value is -1.78. The van der Waals surface area contributed by atoms with Crippen molar-refractivity contribution in [3.05, 3.63) is 41.7 Å². The number of ether oxygens (including phenoxy) is 1. The number of alkyl halides is 3. The lowest BCUT2D eigenvalue weighted by Gasteiger charge is -2.42. The van der Waals surface area contributed by atoms with Gasteiger partial charge in [-0.3, -0.25) is 0 Å². The third kappa shape index (κ3) is 4.13. The summed E-state index contributed by atoms with van der Waals surface area (Å²) in [6, 6.07) is 7.48. The van der Waals surface area contributed by atoms with E-state index in [2.05, 4.69) is 11.7 Å². The predicted molar refractivity (Wildman–Crippen MR) is 102 cm³/mol. The van der Waals surface area contributed by atoms with Crippen molar-refractivity contribution in [2.75, 3.05) is 0 Å². The first-order valence-electron chi connectivity index (χ1n) is 10.3. The second-order valence-corrected chi connectivity index (χ2v) is 8.55. The lowest BCUT2D eigenvalue weighted by Crippen LogP contribution is -2.30. The molecule has 0 heterocycles. The molecule has 0 aromatic heterocycles. The first kappa shape index (κ1) is 19.5. The van der Waals surface area contributed by atoms with E-state index in [1.807, 2.05) is 12.1 Å². The van der Waals surface area contributed by atoms with Gasteiger partial charge in [0.25, 0.3) is 0 Å². The normalized spacial score (nSPS) is 28.2. The average molecular weight is 394 g/mol. The molecule has 28 heavy (non-hydrogen) atoms. The minimum absolute atomic E-state index is 0.291. The topological polar surface area (TPSA) is 9.23 Å². The van der Waals surface area contributed by atoms with E-state index in [9.17, 15) is 17.6 Å². The minimum atomic E-state index is -4.84. The molecule has 5 heteroatoms. The molecule has 0 saturated heterocycles. The van der Waals surface area contributed by atoms with Crippen molar-refractivity contribution in [1.29, 1.82) is 0 Å². The van der Waals surface area contributed by atoms with Crippen LogP contribution in [0.4, 0.5) is 17.6 Å². The fourth-order valence-corrected chi connectivity index (χ4v) is 5.44. The SMILES string of the molecule is CCC1CCC2CC(c3ccc4c(OC(F)(F)F)cc(F)cc4c3)CCC2C1. The molecule has 0 N–H and O–H groups in total. The Bertz CT molecular complexity index is 844. The maximum absolute atomic E-state index is 13.9. The largest absolute Gasteiger partial charge is 0.573 e. The summed E-state index contributed by atoms with van der Waals surface area (Å²) in [6.45, 7) is 2.28. The Balaban J connectivity index is 1.57. The van der Waals surface area contributed by atoms with Gasteiger partial charge in [0.15, 0.2) is 0 Å². The zero-order chi connectivity index (χ0) is 19.9. The minimum Gasteiger partial charge on any atom is -0.405 e. The van der Waals surface area contributed by atoms with E-state index >= 15 is 0 Å². The van der Waals surface area contributed by atoms with E-state index in [1.54, 1.807) is 6.07 Å². The molecular formula is C23H26F4O. The standard InChI is InChI=1S/C23H26F4O/c1-2-14-3-4-16-10-17(6-5-15(16)9-14)18-7-8-21-19(11-18)12-20(24)13-22(21)28-23(25,26)27/h7-8,11-17H,2-6,9-10H2,1H3. The molecule has 2 aliphatic carbocycles. The van der Waals surface area contributed by atoms with Gasteiger partial charge >= 0.3 is 6.36 Å². The van der Waals surface area contributed by atoms with Crippen molar-refractivity contribution in [2.45, 2.75) is 64.1 Å².